The predicted octanol–water partition coefficient (Wildman–Crippen LogP) is 1.72. The number of nitrogens with one attached hydrogen (secondary N) is 1. The molecule has 1 aromatic rings. The lowest BCUT2D eigenvalue weighted by atomic mass is 9.96. The van der Waals surface area contributed by atoms with E-state index >= 15 is 0 Å². The molecule has 4 heteroatoms. The Kier molecular flexibility index (Phi) is 5.61. The Labute approximate surface area is 126 Å². The van der Waals surface area contributed by atoms with Crippen LogP contribution in [0.25, 0.3) is 0 Å². The quantitative estimate of drug-likeness (QED) is 0.879. The molecule has 1 aliphatic rings. The van der Waals surface area contributed by atoms with Crippen molar-refractivity contribution in [2.45, 2.75) is 40.2 Å². The number of carbonyl (C=O) groups excluding carboxylic acids is 1. The van der Waals surface area contributed by atoms with Crippen molar-refractivity contribution in [3.8, 4) is 0 Å². The van der Waals surface area contributed by atoms with Crippen molar-refractivity contribution in [1.29, 1.82) is 0 Å². The number of aryl methyl sites for hydroxylation is 1. The molecule has 0 aliphatic carbocycles. The zero-order chi connectivity index (χ0) is 14.5. The zero-order valence-corrected chi connectivity index (χ0v) is 13.8. The van der Waals surface area contributed by atoms with E-state index in [1.165, 1.54) is 23.4 Å². The first kappa shape index (κ1) is 15.5. The van der Waals surface area contributed by atoms with Crippen molar-refractivity contribution in [1.82, 2.24) is 4.90 Å². The fourth-order valence-electron chi connectivity index (χ4n) is 3.13. The summed E-state index contributed by atoms with van der Waals surface area (Å²) in [5, 5.41) is 2.17. The topological polar surface area (TPSA) is 24.8 Å². The predicted molar refractivity (Wildman–Crippen MR) is 84.1 cm³/mol. The van der Waals surface area contributed by atoms with Crippen LogP contribution in [0.2, 0.25) is 0 Å². The Balaban J connectivity index is 1.95. The van der Waals surface area contributed by atoms with Crippen LogP contribution >= 0.6 is 11.3 Å². The van der Waals surface area contributed by atoms with E-state index in [1.807, 2.05) is 16.2 Å². The summed E-state index contributed by atoms with van der Waals surface area (Å²) in [5.74, 6) is 0.606. The number of likely N-dealkylation sites (tertiary alicyclic amines) is 1. The maximum Gasteiger partial charge on any atom is 0.231 e. The summed E-state index contributed by atoms with van der Waals surface area (Å²) in [6.45, 7) is 11.3. The third kappa shape index (κ3) is 3.61. The Morgan fingerprint density at radius 3 is 2.80 bits per heavy atom. The molecule has 2 rings (SSSR count). The minimum atomic E-state index is 0.235. The highest BCUT2D eigenvalue weighted by atomic mass is 32.1. The molecule has 1 saturated heterocycles. The molecule has 0 bridgehead atoms. The highest BCUT2D eigenvalue weighted by Gasteiger charge is 2.31. The van der Waals surface area contributed by atoms with Gasteiger partial charge in [-0.3, -0.25) is 4.79 Å². The van der Waals surface area contributed by atoms with Crippen LogP contribution in [-0.2, 0) is 11.3 Å². The van der Waals surface area contributed by atoms with Crippen molar-refractivity contribution in [2.75, 3.05) is 26.2 Å². The van der Waals surface area contributed by atoms with Crippen LogP contribution in [0, 0.1) is 12.8 Å². The molecule has 112 valence electrons. The second-order valence-corrected chi connectivity index (χ2v) is 6.76. The van der Waals surface area contributed by atoms with Crippen molar-refractivity contribution in [2.24, 2.45) is 5.92 Å². The molecule has 0 saturated carbocycles. The van der Waals surface area contributed by atoms with Gasteiger partial charge in [-0.2, -0.15) is 0 Å². The van der Waals surface area contributed by atoms with Crippen molar-refractivity contribution in [3.05, 3.63) is 21.9 Å². The van der Waals surface area contributed by atoms with Gasteiger partial charge in [-0.1, -0.05) is 0 Å². The summed E-state index contributed by atoms with van der Waals surface area (Å²) in [7, 11) is 0. The number of quaternary nitrogens is 1. The van der Waals surface area contributed by atoms with Gasteiger partial charge in [-0.25, -0.2) is 0 Å². The molecule has 0 spiro atoms. The van der Waals surface area contributed by atoms with Crippen LogP contribution in [0.4, 0.5) is 0 Å². The minimum absolute atomic E-state index is 0.235. The SMILES string of the molecule is CCN(CC)C(=O)[C@@H]1CCC[NH+](Cc2sccc2C)C1. The normalized spacial score (nSPS) is 22.8. The van der Waals surface area contributed by atoms with Gasteiger partial charge >= 0.3 is 0 Å². The van der Waals surface area contributed by atoms with E-state index in [9.17, 15) is 4.79 Å². The smallest absolute Gasteiger partial charge is 0.231 e. The summed E-state index contributed by atoms with van der Waals surface area (Å²) in [5.41, 5.74) is 1.40. The summed E-state index contributed by atoms with van der Waals surface area (Å²) in [6.07, 6.45) is 2.25. The fourth-order valence-corrected chi connectivity index (χ4v) is 4.11. The molecule has 1 unspecified atom stereocenters. The first-order chi connectivity index (χ1) is 9.65. The van der Waals surface area contributed by atoms with Crippen LogP contribution in [-0.4, -0.2) is 37.0 Å². The number of nitrogens with zero attached hydrogens (tertiary/aromatic N) is 1. The molecule has 2 heterocycles. The van der Waals surface area contributed by atoms with E-state index in [0.717, 1.165) is 32.6 Å². The molecule has 1 amide bonds. The van der Waals surface area contributed by atoms with E-state index in [1.54, 1.807) is 4.90 Å². The number of amides is 1. The van der Waals surface area contributed by atoms with E-state index in [-0.39, 0.29) is 5.92 Å². The Morgan fingerprint density at radius 2 is 2.20 bits per heavy atom. The molecule has 1 aromatic heterocycles. The van der Waals surface area contributed by atoms with Gasteiger partial charge in [0.2, 0.25) is 5.91 Å². The molecular weight excluding hydrogens is 268 g/mol. The number of piperidine rings is 1. The molecule has 1 aliphatic heterocycles. The van der Waals surface area contributed by atoms with Crippen LogP contribution in [0.3, 0.4) is 0 Å². The van der Waals surface area contributed by atoms with Crippen molar-refractivity contribution >= 4 is 17.2 Å². The molecule has 0 aromatic carbocycles. The third-order valence-corrected chi connectivity index (χ3v) is 5.44. The van der Waals surface area contributed by atoms with E-state index < -0.39 is 0 Å². The zero-order valence-electron chi connectivity index (χ0n) is 12.9. The maximum absolute atomic E-state index is 12.5. The van der Waals surface area contributed by atoms with Gasteiger partial charge in [-0.05, 0) is 50.6 Å². The highest BCUT2D eigenvalue weighted by Crippen LogP contribution is 2.16. The molecule has 3 nitrogen and oxygen atoms in total. The number of carbonyl (C=O) groups is 1. The third-order valence-electron chi connectivity index (χ3n) is 4.42. The van der Waals surface area contributed by atoms with Gasteiger partial charge in [-0.15, -0.1) is 11.3 Å². The van der Waals surface area contributed by atoms with Crippen LogP contribution in [0.1, 0.15) is 37.1 Å². The molecule has 0 radical (unpaired) electrons. The number of rotatable bonds is 5. The van der Waals surface area contributed by atoms with Gasteiger partial charge in [0.25, 0.3) is 0 Å². The number of hydrogen-bond acceptors (Lipinski definition) is 2. The second kappa shape index (κ2) is 7.23. The summed E-state index contributed by atoms with van der Waals surface area (Å²) < 4.78 is 0. The van der Waals surface area contributed by atoms with E-state index in [2.05, 4.69) is 32.2 Å². The summed E-state index contributed by atoms with van der Waals surface area (Å²) >= 11 is 1.85. The van der Waals surface area contributed by atoms with Gasteiger partial charge < -0.3 is 9.80 Å². The second-order valence-electron chi connectivity index (χ2n) is 5.76. The standard InChI is InChI=1S/C16H26N2OS/c1-4-18(5-2)16(19)14-7-6-9-17(11-14)12-15-13(3)8-10-20-15/h8,10,14H,4-7,9,11-12H2,1-3H3/p+1/t14-/m1/s1. The fraction of sp³-hybridized carbons (Fsp3) is 0.688. The van der Waals surface area contributed by atoms with E-state index in [4.69, 9.17) is 0 Å². The largest absolute Gasteiger partial charge is 0.343 e. The molecule has 1 N–H and O–H groups in total. The summed E-state index contributed by atoms with van der Waals surface area (Å²) in [6, 6.07) is 2.20. The van der Waals surface area contributed by atoms with Gasteiger partial charge in [0.05, 0.1) is 23.9 Å². The number of thiophene rings is 1. The summed E-state index contributed by atoms with van der Waals surface area (Å²) in [4.78, 5) is 17.5. The van der Waals surface area contributed by atoms with Crippen molar-refractivity contribution in [3.63, 3.8) is 0 Å². The average Bonchev–Trinajstić information content (AvgIpc) is 2.86. The lowest BCUT2D eigenvalue weighted by Crippen LogP contribution is -3.12. The van der Waals surface area contributed by atoms with Gasteiger partial charge in [0.1, 0.15) is 6.54 Å². The van der Waals surface area contributed by atoms with Crippen LogP contribution in [0.15, 0.2) is 11.4 Å². The highest BCUT2D eigenvalue weighted by molar-refractivity contribution is 7.10. The van der Waals surface area contributed by atoms with Crippen molar-refractivity contribution < 1.29 is 9.69 Å². The average molecular weight is 295 g/mol. The minimum Gasteiger partial charge on any atom is -0.343 e. The first-order valence-corrected chi connectivity index (χ1v) is 8.69. The lowest BCUT2D eigenvalue weighted by Gasteiger charge is -2.32. The van der Waals surface area contributed by atoms with Crippen LogP contribution < -0.4 is 4.90 Å². The lowest BCUT2D eigenvalue weighted by molar-refractivity contribution is -0.920. The first-order valence-electron chi connectivity index (χ1n) is 7.81. The van der Waals surface area contributed by atoms with Gasteiger partial charge in [0, 0.05) is 13.1 Å². The number of hydrogen-bond donors (Lipinski definition) is 1. The maximum atomic E-state index is 12.5. The molecule has 2 atom stereocenters. The monoisotopic (exact) mass is 295 g/mol. The Hall–Kier alpha value is -0.870. The van der Waals surface area contributed by atoms with Crippen LogP contribution in [0.5, 0.6) is 0 Å². The van der Waals surface area contributed by atoms with E-state index in [0.29, 0.717) is 5.91 Å². The van der Waals surface area contributed by atoms with Gasteiger partial charge in [0.15, 0.2) is 0 Å². The Morgan fingerprint density at radius 1 is 1.45 bits per heavy atom. The molecular formula is C16H27N2OS+. The Bertz CT molecular complexity index is 439. The molecule has 20 heavy (non-hydrogen) atoms. The molecule has 1 fully saturated rings.